The number of amides is 2. The van der Waals surface area contributed by atoms with Crippen LogP contribution in [0.15, 0.2) is 24.3 Å². The van der Waals surface area contributed by atoms with Gasteiger partial charge in [-0.2, -0.15) is 5.26 Å². The van der Waals surface area contributed by atoms with Crippen LogP contribution in [0, 0.1) is 11.3 Å². The van der Waals surface area contributed by atoms with Crippen molar-refractivity contribution in [2.45, 2.75) is 25.3 Å². The highest BCUT2D eigenvalue weighted by molar-refractivity contribution is 5.94. The maximum atomic E-state index is 11.9. The van der Waals surface area contributed by atoms with Crippen LogP contribution in [0.25, 0.3) is 0 Å². The molecule has 0 fully saturated rings. The van der Waals surface area contributed by atoms with Gasteiger partial charge in [0.2, 0.25) is 5.91 Å². The van der Waals surface area contributed by atoms with E-state index in [-0.39, 0.29) is 12.5 Å². The highest BCUT2D eigenvalue weighted by Gasteiger charge is 2.19. The van der Waals surface area contributed by atoms with Gasteiger partial charge in [0.05, 0.1) is 17.7 Å². The number of nitrogens with two attached hydrogens (primary N) is 1. The van der Waals surface area contributed by atoms with Gasteiger partial charge in [0, 0.05) is 19.2 Å². The fourth-order valence-electron chi connectivity index (χ4n) is 2.18. The van der Waals surface area contributed by atoms with Crippen molar-refractivity contribution in [3.63, 3.8) is 0 Å². The number of carboxylic acid groups (broad SMARTS) is 1. The van der Waals surface area contributed by atoms with Crippen molar-refractivity contribution in [1.29, 1.82) is 5.26 Å². The maximum absolute atomic E-state index is 11.9. The monoisotopic (exact) mass is 346 g/mol. The zero-order valence-electron chi connectivity index (χ0n) is 14.1. The lowest BCUT2D eigenvalue weighted by molar-refractivity contribution is -0.144. The maximum Gasteiger partial charge on any atom is 0.323 e. The predicted molar refractivity (Wildman–Crippen MR) is 90.6 cm³/mol. The summed E-state index contributed by atoms with van der Waals surface area (Å²) in [6.07, 6.45) is 1.68. The number of aliphatic carboxylic acids is 1. The largest absolute Gasteiger partial charge is 0.480 e. The van der Waals surface area contributed by atoms with Crippen molar-refractivity contribution in [1.82, 2.24) is 10.2 Å². The van der Waals surface area contributed by atoms with E-state index in [0.717, 1.165) is 4.90 Å². The van der Waals surface area contributed by atoms with Crippen LogP contribution in [0.1, 0.15) is 35.2 Å². The van der Waals surface area contributed by atoms with E-state index in [1.807, 2.05) is 6.07 Å². The summed E-state index contributed by atoms with van der Waals surface area (Å²) in [4.78, 5) is 35.4. The van der Waals surface area contributed by atoms with Gasteiger partial charge in [-0.15, -0.1) is 0 Å². The number of carboxylic acids is 1. The first-order valence-electron chi connectivity index (χ1n) is 7.86. The van der Waals surface area contributed by atoms with E-state index in [0.29, 0.717) is 36.9 Å². The third kappa shape index (κ3) is 7.01. The number of carbonyl (C=O) groups is 3. The zero-order valence-corrected chi connectivity index (χ0v) is 14.1. The molecule has 1 unspecified atom stereocenters. The van der Waals surface area contributed by atoms with Gasteiger partial charge in [0.25, 0.3) is 5.91 Å². The van der Waals surface area contributed by atoms with Gasteiger partial charge in [-0.3, -0.25) is 14.4 Å². The third-order valence-corrected chi connectivity index (χ3v) is 3.57. The fourth-order valence-corrected chi connectivity index (χ4v) is 2.18. The molecular formula is C17H22N4O4. The van der Waals surface area contributed by atoms with E-state index in [4.69, 9.17) is 16.1 Å². The Morgan fingerprint density at radius 3 is 2.48 bits per heavy atom. The van der Waals surface area contributed by atoms with Crippen LogP contribution < -0.4 is 11.1 Å². The van der Waals surface area contributed by atoms with Crippen LogP contribution in [-0.2, 0) is 9.59 Å². The molecule has 0 radical (unpaired) electrons. The molecule has 0 spiro atoms. The lowest BCUT2D eigenvalue weighted by Crippen LogP contribution is -2.43. The Balaban J connectivity index is 2.26. The van der Waals surface area contributed by atoms with Gasteiger partial charge in [0.15, 0.2) is 0 Å². The first-order valence-corrected chi connectivity index (χ1v) is 7.86. The molecule has 0 bridgehead atoms. The molecule has 0 aliphatic heterocycles. The standard InChI is InChI=1S/C17H22N4O4/c1-21(11-15(22)23)17(25)14(19)4-2-3-9-20-16(24)13-7-5-12(10-18)6-8-13/h5-8,14H,2-4,9,11,19H2,1H3,(H,20,24)(H,22,23). The van der Waals surface area contributed by atoms with Crippen LogP contribution in [0.3, 0.4) is 0 Å². The number of nitriles is 1. The van der Waals surface area contributed by atoms with Gasteiger partial charge in [0.1, 0.15) is 6.54 Å². The minimum atomic E-state index is -1.09. The molecule has 0 saturated heterocycles. The van der Waals surface area contributed by atoms with E-state index in [2.05, 4.69) is 5.32 Å². The zero-order chi connectivity index (χ0) is 18.8. The summed E-state index contributed by atoms with van der Waals surface area (Å²) in [6.45, 7) is 0.0535. The molecule has 0 aliphatic carbocycles. The molecule has 1 aromatic carbocycles. The number of nitrogens with one attached hydrogen (secondary N) is 1. The molecule has 0 heterocycles. The van der Waals surface area contributed by atoms with Gasteiger partial charge in [-0.1, -0.05) is 0 Å². The summed E-state index contributed by atoms with van der Waals surface area (Å²) in [5.74, 6) is -1.73. The SMILES string of the molecule is CN(CC(=O)O)C(=O)C(N)CCCCNC(=O)c1ccc(C#N)cc1. The van der Waals surface area contributed by atoms with E-state index < -0.39 is 17.9 Å². The summed E-state index contributed by atoms with van der Waals surface area (Å²) >= 11 is 0. The molecule has 134 valence electrons. The molecule has 4 N–H and O–H groups in total. The van der Waals surface area contributed by atoms with E-state index in [1.165, 1.54) is 7.05 Å². The molecule has 1 aromatic rings. The molecule has 0 aromatic heterocycles. The molecule has 2 amide bonds. The van der Waals surface area contributed by atoms with Crippen molar-refractivity contribution >= 4 is 17.8 Å². The van der Waals surface area contributed by atoms with Crippen molar-refractivity contribution in [3.05, 3.63) is 35.4 Å². The predicted octanol–water partition coefficient (Wildman–Crippen LogP) is 0.329. The topological polar surface area (TPSA) is 137 Å². The average molecular weight is 346 g/mol. The molecule has 0 aliphatic rings. The Hall–Kier alpha value is -2.92. The Labute approximate surface area is 146 Å². The van der Waals surface area contributed by atoms with Crippen LogP contribution in [0.4, 0.5) is 0 Å². The van der Waals surface area contributed by atoms with Crippen molar-refractivity contribution in [3.8, 4) is 6.07 Å². The third-order valence-electron chi connectivity index (χ3n) is 3.57. The number of nitrogens with zero attached hydrogens (tertiary/aromatic N) is 2. The van der Waals surface area contributed by atoms with E-state index in [1.54, 1.807) is 24.3 Å². The molecule has 25 heavy (non-hydrogen) atoms. The Bertz CT molecular complexity index is 652. The smallest absolute Gasteiger partial charge is 0.323 e. The van der Waals surface area contributed by atoms with Crippen molar-refractivity contribution in [2.75, 3.05) is 20.1 Å². The number of hydrogen-bond donors (Lipinski definition) is 3. The first-order chi connectivity index (χ1) is 11.8. The first kappa shape index (κ1) is 20.1. The second-order valence-electron chi connectivity index (χ2n) is 5.64. The number of rotatable bonds is 9. The van der Waals surface area contributed by atoms with Gasteiger partial charge < -0.3 is 21.1 Å². The quantitative estimate of drug-likeness (QED) is 0.551. The van der Waals surface area contributed by atoms with E-state index in [9.17, 15) is 14.4 Å². The van der Waals surface area contributed by atoms with Crippen molar-refractivity contribution in [2.24, 2.45) is 5.73 Å². The Kier molecular flexibility index (Phi) is 8.09. The summed E-state index contributed by atoms with van der Waals surface area (Å²) in [5.41, 5.74) is 6.72. The van der Waals surface area contributed by atoms with Crippen LogP contribution >= 0.6 is 0 Å². The summed E-state index contributed by atoms with van der Waals surface area (Å²) in [5, 5.41) is 20.1. The van der Waals surface area contributed by atoms with E-state index >= 15 is 0 Å². The fraction of sp³-hybridized carbons (Fsp3) is 0.412. The molecule has 0 saturated carbocycles. The highest BCUT2D eigenvalue weighted by Crippen LogP contribution is 2.04. The summed E-state index contributed by atoms with van der Waals surface area (Å²) < 4.78 is 0. The second-order valence-corrected chi connectivity index (χ2v) is 5.64. The normalized spacial score (nSPS) is 11.2. The van der Waals surface area contributed by atoms with Crippen molar-refractivity contribution < 1.29 is 19.5 Å². The summed E-state index contributed by atoms with van der Waals surface area (Å²) in [6, 6.07) is 7.55. The Morgan fingerprint density at radius 1 is 1.28 bits per heavy atom. The number of unbranched alkanes of at least 4 members (excludes halogenated alkanes) is 1. The average Bonchev–Trinajstić information content (AvgIpc) is 2.59. The Morgan fingerprint density at radius 2 is 1.92 bits per heavy atom. The second kappa shape index (κ2) is 10.1. The highest BCUT2D eigenvalue weighted by atomic mass is 16.4. The van der Waals surface area contributed by atoms with Gasteiger partial charge >= 0.3 is 5.97 Å². The van der Waals surface area contributed by atoms with Crippen LogP contribution in [0.2, 0.25) is 0 Å². The molecule has 1 rings (SSSR count). The molecule has 8 nitrogen and oxygen atoms in total. The number of likely N-dealkylation sites (N-methyl/N-ethyl adjacent to an activating group) is 1. The van der Waals surface area contributed by atoms with Crippen LogP contribution in [0.5, 0.6) is 0 Å². The molecule has 1 atom stereocenters. The number of benzene rings is 1. The minimum absolute atomic E-state index is 0.231. The lowest BCUT2D eigenvalue weighted by atomic mass is 10.1. The minimum Gasteiger partial charge on any atom is -0.480 e. The lowest BCUT2D eigenvalue weighted by Gasteiger charge is -2.19. The number of carbonyl (C=O) groups excluding carboxylic acids is 2. The van der Waals surface area contributed by atoms with Crippen LogP contribution in [-0.4, -0.2) is 54.0 Å². The number of hydrogen-bond acceptors (Lipinski definition) is 5. The van der Waals surface area contributed by atoms with Gasteiger partial charge in [-0.25, -0.2) is 0 Å². The molecule has 8 heteroatoms. The van der Waals surface area contributed by atoms with Gasteiger partial charge in [-0.05, 0) is 43.5 Å². The summed E-state index contributed by atoms with van der Waals surface area (Å²) in [7, 11) is 1.40. The molecular weight excluding hydrogens is 324 g/mol.